The zero-order valence-corrected chi connectivity index (χ0v) is 5.48. The molecule has 0 aliphatic heterocycles. The summed E-state index contributed by atoms with van der Waals surface area (Å²) in [5.41, 5.74) is 0. The van der Waals surface area contributed by atoms with Gasteiger partial charge in [-0.25, -0.2) is 0 Å². The zero-order chi connectivity index (χ0) is 6.15. The van der Waals surface area contributed by atoms with E-state index < -0.39 is 0 Å². The van der Waals surface area contributed by atoms with Gasteiger partial charge in [-0.1, -0.05) is 13.8 Å². The van der Waals surface area contributed by atoms with Crippen molar-refractivity contribution in [2.75, 3.05) is 0 Å². The van der Waals surface area contributed by atoms with Crippen LogP contribution in [0.3, 0.4) is 0 Å². The Balaban J connectivity index is 2.57. The van der Waals surface area contributed by atoms with Gasteiger partial charge in [-0.3, -0.25) is 4.79 Å². The van der Waals surface area contributed by atoms with Gasteiger partial charge in [0.25, 0.3) is 0 Å². The molecule has 0 bridgehead atoms. The van der Waals surface area contributed by atoms with Crippen molar-refractivity contribution in [3.8, 4) is 0 Å². The summed E-state index contributed by atoms with van der Waals surface area (Å²) in [6, 6.07) is 0. The molecule has 1 rings (SSSR count). The summed E-state index contributed by atoms with van der Waals surface area (Å²) >= 11 is 0. The molecule has 0 unspecified atom stereocenters. The number of ketones is 1. The third kappa shape index (κ3) is 0.770. The number of rotatable bonds is 0. The molecule has 0 aromatic rings. The normalized spacial score (nSPS) is 38.5. The minimum Gasteiger partial charge on any atom is -0.299 e. The molecule has 1 heteroatoms. The van der Waals surface area contributed by atoms with E-state index in [1.807, 2.05) is 13.8 Å². The molecule has 0 aromatic carbocycles. The molecule has 1 saturated carbocycles. The zero-order valence-electron chi connectivity index (χ0n) is 5.48. The van der Waals surface area contributed by atoms with E-state index in [9.17, 15) is 4.79 Å². The van der Waals surface area contributed by atoms with Crippen LogP contribution < -0.4 is 0 Å². The topological polar surface area (TPSA) is 17.1 Å². The Morgan fingerprint density at radius 3 is 1.75 bits per heavy atom. The molecular formula is C7H12O. The number of carbonyl (C=O) groups is 1. The van der Waals surface area contributed by atoms with Crippen LogP contribution in [-0.4, -0.2) is 5.78 Å². The van der Waals surface area contributed by atoms with Gasteiger partial charge >= 0.3 is 0 Å². The second-order valence-electron chi connectivity index (χ2n) is 2.78. The molecule has 1 fully saturated rings. The van der Waals surface area contributed by atoms with Crippen LogP contribution in [0.5, 0.6) is 0 Å². The monoisotopic (exact) mass is 112 g/mol. The molecule has 1 nitrogen and oxygen atoms in total. The fourth-order valence-electron chi connectivity index (χ4n) is 1.27. The first-order valence-electron chi connectivity index (χ1n) is 3.25. The van der Waals surface area contributed by atoms with Crippen molar-refractivity contribution >= 4 is 5.78 Å². The van der Waals surface area contributed by atoms with Crippen molar-refractivity contribution < 1.29 is 4.79 Å². The van der Waals surface area contributed by atoms with Crippen LogP contribution in [0.25, 0.3) is 0 Å². The summed E-state index contributed by atoms with van der Waals surface area (Å²) in [6.07, 6.45) is 2.22. The predicted molar refractivity (Wildman–Crippen MR) is 32.6 cm³/mol. The first kappa shape index (κ1) is 5.80. The molecule has 1 aliphatic carbocycles. The summed E-state index contributed by atoms with van der Waals surface area (Å²) in [5, 5.41) is 0. The Morgan fingerprint density at radius 1 is 1.25 bits per heavy atom. The minimum absolute atomic E-state index is 0.352. The maximum Gasteiger partial charge on any atom is 0.138 e. The van der Waals surface area contributed by atoms with Crippen LogP contribution >= 0.6 is 0 Å². The van der Waals surface area contributed by atoms with Crippen LogP contribution in [0, 0.1) is 11.8 Å². The summed E-state index contributed by atoms with van der Waals surface area (Å²) in [4.78, 5) is 10.9. The standard InChI is InChI=1S/C7H12O/c1-5-3-4-6(2)7(5)8/h5-6H,3-4H2,1-2H3/t5-,6+. The molecule has 0 radical (unpaired) electrons. The van der Waals surface area contributed by atoms with Crippen LogP contribution in [0.15, 0.2) is 0 Å². The lowest BCUT2D eigenvalue weighted by atomic mass is 10.1. The average molecular weight is 112 g/mol. The molecule has 0 amide bonds. The van der Waals surface area contributed by atoms with Gasteiger partial charge in [0.15, 0.2) is 0 Å². The van der Waals surface area contributed by atoms with E-state index in [1.54, 1.807) is 0 Å². The summed E-state index contributed by atoms with van der Waals surface area (Å²) < 4.78 is 0. The van der Waals surface area contributed by atoms with Gasteiger partial charge in [0, 0.05) is 11.8 Å². The van der Waals surface area contributed by atoms with E-state index in [-0.39, 0.29) is 0 Å². The van der Waals surface area contributed by atoms with E-state index in [0.717, 1.165) is 12.8 Å². The predicted octanol–water partition coefficient (Wildman–Crippen LogP) is 1.62. The van der Waals surface area contributed by atoms with Gasteiger partial charge in [-0.05, 0) is 12.8 Å². The van der Waals surface area contributed by atoms with Gasteiger partial charge < -0.3 is 0 Å². The summed E-state index contributed by atoms with van der Waals surface area (Å²) in [6.45, 7) is 4.04. The first-order valence-corrected chi connectivity index (χ1v) is 3.25. The van der Waals surface area contributed by atoms with Gasteiger partial charge in [0.1, 0.15) is 5.78 Å². The Labute approximate surface area is 50.1 Å². The molecule has 0 N–H and O–H groups in total. The second kappa shape index (κ2) is 1.88. The first-order chi connectivity index (χ1) is 3.72. The molecule has 2 atom stereocenters. The molecule has 46 valence electrons. The highest BCUT2D eigenvalue weighted by Crippen LogP contribution is 2.25. The van der Waals surface area contributed by atoms with Crippen molar-refractivity contribution in [2.45, 2.75) is 26.7 Å². The van der Waals surface area contributed by atoms with Crippen LogP contribution in [0.2, 0.25) is 0 Å². The smallest absolute Gasteiger partial charge is 0.138 e. The Bertz CT molecular complexity index is 95.0. The second-order valence-corrected chi connectivity index (χ2v) is 2.78. The van der Waals surface area contributed by atoms with Crippen molar-refractivity contribution in [3.05, 3.63) is 0 Å². The van der Waals surface area contributed by atoms with Gasteiger partial charge in [0.05, 0.1) is 0 Å². The maximum absolute atomic E-state index is 10.9. The molecule has 0 heterocycles. The molecule has 0 saturated heterocycles. The van der Waals surface area contributed by atoms with Crippen molar-refractivity contribution in [2.24, 2.45) is 11.8 Å². The van der Waals surface area contributed by atoms with Crippen LogP contribution in [0.4, 0.5) is 0 Å². The van der Waals surface area contributed by atoms with Crippen LogP contribution in [-0.2, 0) is 4.79 Å². The van der Waals surface area contributed by atoms with Crippen LogP contribution in [0.1, 0.15) is 26.7 Å². The molecular weight excluding hydrogens is 100 g/mol. The Morgan fingerprint density at radius 2 is 1.62 bits per heavy atom. The highest BCUT2D eigenvalue weighted by molar-refractivity contribution is 5.84. The SMILES string of the molecule is C[C@@H]1CC[C@H](C)C1=O. The Hall–Kier alpha value is -0.330. The largest absolute Gasteiger partial charge is 0.299 e. The minimum atomic E-state index is 0.352. The molecule has 0 aromatic heterocycles. The van der Waals surface area contributed by atoms with Crippen molar-refractivity contribution in [1.29, 1.82) is 0 Å². The number of hydrogen-bond donors (Lipinski definition) is 0. The number of Topliss-reactive ketones (excluding diaryl/α,β-unsaturated/α-hetero) is 1. The molecule has 0 spiro atoms. The maximum atomic E-state index is 10.9. The lowest BCUT2D eigenvalue weighted by Crippen LogP contribution is -2.07. The van der Waals surface area contributed by atoms with Crippen molar-refractivity contribution in [1.82, 2.24) is 0 Å². The van der Waals surface area contributed by atoms with Crippen molar-refractivity contribution in [3.63, 3.8) is 0 Å². The van der Waals surface area contributed by atoms with Gasteiger partial charge in [-0.15, -0.1) is 0 Å². The van der Waals surface area contributed by atoms with Gasteiger partial charge in [0.2, 0.25) is 0 Å². The number of carbonyl (C=O) groups excluding carboxylic acids is 1. The third-order valence-electron chi connectivity index (χ3n) is 2.00. The van der Waals surface area contributed by atoms with E-state index in [0.29, 0.717) is 17.6 Å². The van der Waals surface area contributed by atoms with E-state index in [2.05, 4.69) is 0 Å². The highest BCUT2D eigenvalue weighted by Gasteiger charge is 2.26. The molecule has 8 heavy (non-hydrogen) atoms. The lowest BCUT2D eigenvalue weighted by Gasteiger charge is -1.96. The van der Waals surface area contributed by atoms with Gasteiger partial charge in [-0.2, -0.15) is 0 Å². The van der Waals surface area contributed by atoms with E-state index in [1.165, 1.54) is 0 Å². The quantitative estimate of drug-likeness (QED) is 0.465. The highest BCUT2D eigenvalue weighted by atomic mass is 16.1. The fourth-order valence-corrected chi connectivity index (χ4v) is 1.27. The summed E-state index contributed by atoms with van der Waals surface area (Å²) in [5.74, 6) is 1.17. The Kier molecular flexibility index (Phi) is 1.37. The van der Waals surface area contributed by atoms with E-state index >= 15 is 0 Å². The summed E-state index contributed by atoms with van der Waals surface area (Å²) in [7, 11) is 0. The number of hydrogen-bond acceptors (Lipinski definition) is 1. The van der Waals surface area contributed by atoms with E-state index in [4.69, 9.17) is 0 Å². The third-order valence-corrected chi connectivity index (χ3v) is 2.00. The average Bonchev–Trinajstić information content (AvgIpc) is 1.98. The fraction of sp³-hybridized carbons (Fsp3) is 0.857. The molecule has 1 aliphatic rings. The lowest BCUT2D eigenvalue weighted by molar-refractivity contribution is -0.122.